The van der Waals surface area contributed by atoms with Gasteiger partial charge in [0.15, 0.2) is 0 Å². The van der Waals surface area contributed by atoms with Crippen molar-refractivity contribution in [2.45, 2.75) is 24.9 Å². The van der Waals surface area contributed by atoms with Crippen LogP contribution in [0.5, 0.6) is 0 Å². The predicted octanol–water partition coefficient (Wildman–Crippen LogP) is 3.62. The molecule has 2 aromatic carbocycles. The molecule has 2 aromatic rings. The average molecular weight is 305 g/mol. The molecule has 116 valence electrons. The van der Waals surface area contributed by atoms with Gasteiger partial charge in [-0.1, -0.05) is 54.6 Å². The monoisotopic (exact) mass is 305 g/mol. The van der Waals surface area contributed by atoms with Crippen LogP contribution in [0.2, 0.25) is 0 Å². The molecule has 0 radical (unpaired) electrons. The molecule has 2 N–H and O–H groups in total. The van der Waals surface area contributed by atoms with E-state index in [0.717, 1.165) is 16.8 Å². The largest absolute Gasteiger partial charge is 0.385 e. The first-order chi connectivity index (χ1) is 11.1. The van der Waals surface area contributed by atoms with Crippen molar-refractivity contribution < 1.29 is 9.90 Å². The Hall–Kier alpha value is -2.39. The summed E-state index contributed by atoms with van der Waals surface area (Å²) in [6.45, 7) is 0. The third-order valence-electron chi connectivity index (χ3n) is 5.04. The van der Waals surface area contributed by atoms with Crippen LogP contribution in [0, 0.1) is 5.41 Å². The van der Waals surface area contributed by atoms with Crippen LogP contribution >= 0.6 is 0 Å². The number of hydrogen-bond acceptors (Lipinski definition) is 2. The minimum atomic E-state index is -0.802. The molecule has 5 rings (SSSR count). The number of fused-ring (bicyclic) bond motifs is 1. The van der Waals surface area contributed by atoms with Gasteiger partial charge in [-0.15, -0.1) is 0 Å². The maximum absolute atomic E-state index is 12.7. The SMILES string of the molecule is O=C(Nc1ccccc1)C12C/C(=C\c3ccccc3)C(O)(C1)C2. The fourth-order valence-corrected chi connectivity index (χ4v) is 3.91. The molecular formula is C20H19NO2. The zero-order chi connectivity index (χ0) is 15.9. The number of carbonyl (C=O) groups excluding carboxylic acids is 1. The third-order valence-corrected chi connectivity index (χ3v) is 5.04. The molecule has 3 aliphatic rings. The van der Waals surface area contributed by atoms with Crippen LogP contribution in [0.25, 0.3) is 6.08 Å². The van der Waals surface area contributed by atoms with Crippen molar-refractivity contribution in [3.05, 3.63) is 71.8 Å². The van der Waals surface area contributed by atoms with Crippen LogP contribution < -0.4 is 5.32 Å². The van der Waals surface area contributed by atoms with Gasteiger partial charge in [-0.3, -0.25) is 4.79 Å². The Bertz CT molecular complexity index is 759. The Morgan fingerprint density at radius 1 is 1.00 bits per heavy atom. The van der Waals surface area contributed by atoms with E-state index in [1.807, 2.05) is 66.7 Å². The van der Waals surface area contributed by atoms with E-state index in [9.17, 15) is 9.90 Å². The van der Waals surface area contributed by atoms with Crippen LogP contribution in [0.4, 0.5) is 5.69 Å². The number of carbonyl (C=O) groups is 1. The fourth-order valence-electron chi connectivity index (χ4n) is 3.91. The van der Waals surface area contributed by atoms with E-state index in [-0.39, 0.29) is 5.91 Å². The van der Waals surface area contributed by atoms with Gasteiger partial charge in [0.25, 0.3) is 0 Å². The Kier molecular flexibility index (Phi) is 3.13. The van der Waals surface area contributed by atoms with Crippen molar-refractivity contribution in [1.82, 2.24) is 0 Å². The maximum atomic E-state index is 12.7. The van der Waals surface area contributed by atoms with Gasteiger partial charge in [0, 0.05) is 5.69 Å². The second kappa shape index (κ2) is 5.07. The number of hydrogen-bond donors (Lipinski definition) is 2. The summed E-state index contributed by atoms with van der Waals surface area (Å²) in [5.74, 6) is 0.0184. The molecule has 0 heterocycles. The summed E-state index contributed by atoms with van der Waals surface area (Å²) in [7, 11) is 0. The number of anilines is 1. The molecular weight excluding hydrogens is 286 g/mol. The summed E-state index contributed by atoms with van der Waals surface area (Å²) in [6.07, 6.45) is 3.72. The molecule has 23 heavy (non-hydrogen) atoms. The summed E-state index contributed by atoms with van der Waals surface area (Å²) in [4.78, 5) is 12.7. The minimum absolute atomic E-state index is 0.0184. The average Bonchev–Trinajstić information content (AvgIpc) is 2.97. The molecule has 0 saturated heterocycles. The van der Waals surface area contributed by atoms with Gasteiger partial charge in [-0.25, -0.2) is 0 Å². The molecule has 0 spiro atoms. The van der Waals surface area contributed by atoms with Crippen LogP contribution in [0.3, 0.4) is 0 Å². The van der Waals surface area contributed by atoms with Crippen molar-refractivity contribution in [2.75, 3.05) is 5.32 Å². The minimum Gasteiger partial charge on any atom is -0.385 e. The van der Waals surface area contributed by atoms with Gasteiger partial charge in [0.1, 0.15) is 0 Å². The van der Waals surface area contributed by atoms with Crippen molar-refractivity contribution in [3.63, 3.8) is 0 Å². The molecule has 1 amide bonds. The van der Waals surface area contributed by atoms with Gasteiger partial charge in [0.05, 0.1) is 11.0 Å². The normalized spacial score (nSPS) is 30.0. The number of aliphatic hydroxyl groups is 1. The van der Waals surface area contributed by atoms with Crippen molar-refractivity contribution in [1.29, 1.82) is 0 Å². The van der Waals surface area contributed by atoms with Gasteiger partial charge >= 0.3 is 0 Å². The van der Waals surface area contributed by atoms with Crippen LogP contribution in [-0.2, 0) is 4.79 Å². The Morgan fingerprint density at radius 3 is 2.26 bits per heavy atom. The highest BCUT2D eigenvalue weighted by Crippen LogP contribution is 2.64. The molecule has 0 aromatic heterocycles. The zero-order valence-electron chi connectivity index (χ0n) is 12.8. The van der Waals surface area contributed by atoms with Gasteiger partial charge in [-0.05, 0) is 42.5 Å². The quantitative estimate of drug-likeness (QED) is 0.910. The fraction of sp³-hybridized carbons (Fsp3) is 0.250. The molecule has 3 heteroatoms. The summed E-state index contributed by atoms with van der Waals surface area (Å²) in [6, 6.07) is 19.5. The molecule has 2 bridgehead atoms. The van der Waals surface area contributed by atoms with Crippen molar-refractivity contribution >= 4 is 17.7 Å². The lowest BCUT2D eigenvalue weighted by molar-refractivity contribution is -0.138. The summed E-state index contributed by atoms with van der Waals surface area (Å²) >= 11 is 0. The molecule has 0 atom stereocenters. The second-order valence-corrected chi connectivity index (χ2v) is 6.74. The standard InChI is InChI=1S/C20H19NO2/c22-18(21-17-9-5-2-6-10-17)19-12-16(20(23,13-19)14-19)11-15-7-3-1-4-8-15/h1-11,23H,12-14H2,(H,21,22)/b16-11+. The lowest BCUT2D eigenvalue weighted by atomic mass is 9.66. The van der Waals surface area contributed by atoms with Crippen molar-refractivity contribution in [3.8, 4) is 0 Å². The van der Waals surface area contributed by atoms with E-state index in [1.165, 1.54) is 0 Å². The van der Waals surface area contributed by atoms with E-state index in [0.29, 0.717) is 19.3 Å². The van der Waals surface area contributed by atoms with Crippen LogP contribution in [-0.4, -0.2) is 16.6 Å². The van der Waals surface area contributed by atoms with E-state index in [4.69, 9.17) is 0 Å². The van der Waals surface area contributed by atoms with Gasteiger partial charge in [0.2, 0.25) is 5.91 Å². The first kappa shape index (κ1) is 14.2. The highest BCUT2D eigenvalue weighted by atomic mass is 16.3. The third kappa shape index (κ3) is 2.37. The summed E-state index contributed by atoms with van der Waals surface area (Å²) in [5.41, 5.74) is 1.60. The van der Waals surface area contributed by atoms with Crippen LogP contribution in [0.15, 0.2) is 66.2 Å². The smallest absolute Gasteiger partial charge is 0.231 e. The number of nitrogens with one attached hydrogen (secondary N) is 1. The van der Waals surface area contributed by atoms with Crippen LogP contribution in [0.1, 0.15) is 24.8 Å². The van der Waals surface area contributed by atoms with Gasteiger partial charge < -0.3 is 10.4 Å². The first-order valence-electron chi connectivity index (χ1n) is 7.95. The topological polar surface area (TPSA) is 49.3 Å². The molecule has 0 aliphatic heterocycles. The molecule has 3 aliphatic carbocycles. The number of para-hydroxylation sites is 1. The van der Waals surface area contributed by atoms with E-state index in [2.05, 4.69) is 5.32 Å². The van der Waals surface area contributed by atoms with Gasteiger partial charge in [-0.2, -0.15) is 0 Å². The Balaban J connectivity index is 1.54. The lowest BCUT2D eigenvalue weighted by Crippen LogP contribution is -2.49. The summed E-state index contributed by atoms with van der Waals surface area (Å²) in [5, 5.41) is 13.7. The molecule has 3 fully saturated rings. The molecule has 0 unspecified atom stereocenters. The first-order valence-corrected chi connectivity index (χ1v) is 7.95. The number of benzene rings is 2. The van der Waals surface area contributed by atoms with E-state index >= 15 is 0 Å². The lowest BCUT2D eigenvalue weighted by Gasteiger charge is -2.42. The Morgan fingerprint density at radius 2 is 1.61 bits per heavy atom. The maximum Gasteiger partial charge on any atom is 0.231 e. The number of rotatable bonds is 3. The second-order valence-electron chi connectivity index (χ2n) is 6.74. The summed E-state index contributed by atoms with van der Waals surface area (Å²) < 4.78 is 0. The highest BCUT2D eigenvalue weighted by molar-refractivity contribution is 5.98. The van der Waals surface area contributed by atoms with E-state index < -0.39 is 11.0 Å². The predicted molar refractivity (Wildman–Crippen MR) is 90.7 cm³/mol. The van der Waals surface area contributed by atoms with Crippen molar-refractivity contribution in [2.24, 2.45) is 5.41 Å². The Labute approximate surface area is 135 Å². The highest BCUT2D eigenvalue weighted by Gasteiger charge is 2.66. The number of amides is 1. The molecule has 3 nitrogen and oxygen atoms in total. The molecule has 3 saturated carbocycles. The van der Waals surface area contributed by atoms with E-state index in [1.54, 1.807) is 0 Å². The zero-order valence-corrected chi connectivity index (χ0v) is 12.8.